The van der Waals surface area contributed by atoms with Gasteiger partial charge in [0.15, 0.2) is 0 Å². The number of piperidine rings is 1. The van der Waals surface area contributed by atoms with Gasteiger partial charge in [0.25, 0.3) is 0 Å². The SMILES string of the molecule is O=C(CCCSSCCC(=O)OC[C@@H]1[C@@H](O)[C@H](O)[C@H](O)[C@H]2NC(=O)C(=O)N12)NCCN1C(=O)CCC1=O. The Morgan fingerprint density at radius 2 is 1.65 bits per heavy atom. The Hall–Kier alpha value is -2.40. The van der Waals surface area contributed by atoms with Crippen LogP contribution in [0.2, 0.25) is 0 Å². The Labute approximate surface area is 220 Å². The van der Waals surface area contributed by atoms with Gasteiger partial charge in [0.1, 0.15) is 31.1 Å². The van der Waals surface area contributed by atoms with Crippen LogP contribution in [-0.4, -0.2) is 122 Å². The molecule has 0 spiro atoms. The third-order valence-electron chi connectivity index (χ3n) is 6.11. The molecular weight excluding hydrogens is 532 g/mol. The van der Waals surface area contributed by atoms with Gasteiger partial charge in [0.2, 0.25) is 17.7 Å². The lowest BCUT2D eigenvalue weighted by atomic mass is 9.92. The van der Waals surface area contributed by atoms with E-state index in [1.807, 2.05) is 0 Å². The van der Waals surface area contributed by atoms with Gasteiger partial charge >= 0.3 is 17.8 Å². The molecule has 3 heterocycles. The molecule has 0 aromatic rings. The van der Waals surface area contributed by atoms with E-state index in [9.17, 15) is 44.1 Å². The normalized spacial score (nSPS) is 27.4. The van der Waals surface area contributed by atoms with Gasteiger partial charge in [0, 0.05) is 43.9 Å². The highest BCUT2D eigenvalue weighted by Gasteiger charge is 2.55. The maximum atomic E-state index is 12.1. The highest BCUT2D eigenvalue weighted by Crippen LogP contribution is 2.27. The fourth-order valence-electron chi connectivity index (χ4n) is 4.13. The van der Waals surface area contributed by atoms with Gasteiger partial charge in [-0.25, -0.2) is 0 Å². The van der Waals surface area contributed by atoms with Gasteiger partial charge < -0.3 is 35.6 Å². The maximum Gasteiger partial charge on any atom is 0.314 e. The van der Waals surface area contributed by atoms with Gasteiger partial charge in [-0.3, -0.25) is 33.7 Å². The number of hydrogen-bond acceptors (Lipinski definition) is 12. The maximum absolute atomic E-state index is 12.1. The van der Waals surface area contributed by atoms with E-state index in [0.717, 1.165) is 9.80 Å². The van der Waals surface area contributed by atoms with Crippen molar-refractivity contribution in [2.24, 2.45) is 0 Å². The van der Waals surface area contributed by atoms with E-state index in [1.54, 1.807) is 0 Å². The molecule has 16 heteroatoms. The largest absolute Gasteiger partial charge is 0.463 e. The number of esters is 1. The molecule has 0 saturated carbocycles. The first-order valence-corrected chi connectivity index (χ1v) is 14.3. The van der Waals surface area contributed by atoms with Crippen molar-refractivity contribution in [1.82, 2.24) is 20.4 Å². The molecule has 3 fully saturated rings. The van der Waals surface area contributed by atoms with Crippen LogP contribution in [0.3, 0.4) is 0 Å². The molecule has 3 rings (SSSR count). The molecule has 0 bridgehead atoms. The zero-order valence-corrected chi connectivity index (χ0v) is 21.5. The van der Waals surface area contributed by atoms with Crippen LogP contribution in [0, 0.1) is 0 Å². The number of imide groups is 1. The summed E-state index contributed by atoms with van der Waals surface area (Å²) >= 11 is 0. The first kappa shape index (κ1) is 29.2. The number of rotatable bonds is 13. The van der Waals surface area contributed by atoms with Crippen molar-refractivity contribution in [2.45, 2.75) is 62.6 Å². The molecule has 5 amide bonds. The quantitative estimate of drug-likeness (QED) is 0.0504. The predicted octanol–water partition coefficient (Wildman–Crippen LogP) is -2.90. The standard InChI is InChI=1S/C21H30N4O10S2/c26-12(22-6-7-24-13(27)3-4-14(24)28)2-1-8-36-37-9-5-15(29)35-10-11-16(30)17(31)18(32)19-23-20(33)21(34)25(11)19/h11,16-19,30-32H,1-10H2,(H,22,26)(H,23,33)/t11-,16-,17+,18+,19+/m1/s1. The van der Waals surface area contributed by atoms with Gasteiger partial charge in [-0.2, -0.15) is 0 Å². The second-order valence-electron chi connectivity index (χ2n) is 8.64. The Morgan fingerprint density at radius 1 is 0.973 bits per heavy atom. The third kappa shape index (κ3) is 7.34. The van der Waals surface area contributed by atoms with Crippen molar-refractivity contribution < 1.29 is 48.8 Å². The minimum atomic E-state index is -1.64. The minimum Gasteiger partial charge on any atom is -0.463 e. The van der Waals surface area contributed by atoms with Crippen LogP contribution in [-0.2, 0) is 33.5 Å². The first-order chi connectivity index (χ1) is 17.6. The van der Waals surface area contributed by atoms with Crippen LogP contribution in [0.5, 0.6) is 0 Å². The molecule has 0 unspecified atom stereocenters. The van der Waals surface area contributed by atoms with Crippen molar-refractivity contribution in [1.29, 1.82) is 0 Å². The molecule has 0 radical (unpaired) electrons. The molecule has 0 aliphatic carbocycles. The smallest absolute Gasteiger partial charge is 0.314 e. The summed E-state index contributed by atoms with van der Waals surface area (Å²) in [6, 6.07) is -1.19. The van der Waals surface area contributed by atoms with Crippen molar-refractivity contribution in [3.8, 4) is 0 Å². The molecule has 14 nitrogen and oxygen atoms in total. The van der Waals surface area contributed by atoms with Crippen LogP contribution >= 0.6 is 21.6 Å². The van der Waals surface area contributed by atoms with E-state index < -0.39 is 54.9 Å². The summed E-state index contributed by atoms with van der Waals surface area (Å²) in [6.07, 6.45) is -4.68. The molecule has 0 aromatic heterocycles. The van der Waals surface area contributed by atoms with E-state index in [4.69, 9.17) is 4.74 Å². The van der Waals surface area contributed by atoms with Crippen LogP contribution < -0.4 is 10.6 Å². The second kappa shape index (κ2) is 13.4. The first-order valence-electron chi connectivity index (χ1n) is 11.8. The van der Waals surface area contributed by atoms with Crippen molar-refractivity contribution in [3.05, 3.63) is 0 Å². The number of likely N-dealkylation sites (tertiary alicyclic amines) is 1. The summed E-state index contributed by atoms with van der Waals surface area (Å²) in [5, 5.41) is 35.1. The van der Waals surface area contributed by atoms with E-state index in [0.29, 0.717) is 17.9 Å². The zero-order valence-electron chi connectivity index (χ0n) is 19.9. The molecule has 0 aromatic carbocycles. The molecule has 5 atom stereocenters. The second-order valence-corrected chi connectivity index (χ2v) is 11.3. The number of nitrogens with one attached hydrogen (secondary N) is 2. The average Bonchev–Trinajstić information content (AvgIpc) is 3.34. The van der Waals surface area contributed by atoms with Crippen molar-refractivity contribution in [2.75, 3.05) is 31.2 Å². The number of ether oxygens (including phenoxy) is 1. The van der Waals surface area contributed by atoms with Gasteiger partial charge in [-0.15, -0.1) is 0 Å². The lowest BCUT2D eigenvalue weighted by Gasteiger charge is -2.44. The van der Waals surface area contributed by atoms with Crippen molar-refractivity contribution >= 4 is 57.1 Å². The Morgan fingerprint density at radius 3 is 2.35 bits per heavy atom. The van der Waals surface area contributed by atoms with Gasteiger partial charge in [-0.05, 0) is 6.42 Å². The predicted molar refractivity (Wildman–Crippen MR) is 129 cm³/mol. The van der Waals surface area contributed by atoms with E-state index in [-0.39, 0.29) is 56.5 Å². The molecule has 3 saturated heterocycles. The van der Waals surface area contributed by atoms with Crippen LogP contribution in [0.1, 0.15) is 32.1 Å². The Bertz CT molecular complexity index is 906. The summed E-state index contributed by atoms with van der Waals surface area (Å²) in [4.78, 5) is 72.7. The highest BCUT2D eigenvalue weighted by atomic mass is 33.1. The molecule has 5 N–H and O–H groups in total. The summed E-state index contributed by atoms with van der Waals surface area (Å²) in [5.74, 6) is -2.12. The molecule has 3 aliphatic rings. The zero-order chi connectivity index (χ0) is 27.1. The Kier molecular flexibility index (Phi) is 10.6. The van der Waals surface area contributed by atoms with E-state index in [1.165, 1.54) is 21.6 Å². The molecule has 3 aliphatic heterocycles. The van der Waals surface area contributed by atoms with Crippen molar-refractivity contribution in [3.63, 3.8) is 0 Å². The number of nitrogens with zero attached hydrogens (tertiary/aromatic N) is 2. The molecular formula is C21H30N4O10S2. The highest BCUT2D eigenvalue weighted by molar-refractivity contribution is 8.76. The average molecular weight is 563 g/mol. The number of aliphatic hydroxyl groups excluding tert-OH is 3. The number of aliphatic hydroxyl groups is 3. The Balaban J connectivity index is 1.24. The van der Waals surface area contributed by atoms with Gasteiger partial charge in [-0.1, -0.05) is 21.6 Å². The van der Waals surface area contributed by atoms with Gasteiger partial charge in [0.05, 0.1) is 12.5 Å². The van der Waals surface area contributed by atoms with Crippen LogP contribution in [0.15, 0.2) is 0 Å². The summed E-state index contributed by atoms with van der Waals surface area (Å²) in [5.41, 5.74) is 0. The van der Waals surface area contributed by atoms with Crippen LogP contribution in [0.25, 0.3) is 0 Å². The fourth-order valence-corrected chi connectivity index (χ4v) is 6.19. The topological polar surface area (TPSA) is 203 Å². The number of fused-ring (bicyclic) bond motifs is 1. The van der Waals surface area contributed by atoms with E-state index >= 15 is 0 Å². The number of carbonyl (C=O) groups is 6. The fraction of sp³-hybridized carbons (Fsp3) is 0.714. The number of amides is 5. The third-order valence-corrected chi connectivity index (χ3v) is 8.61. The lowest BCUT2D eigenvalue weighted by molar-refractivity contribution is -0.181. The molecule has 37 heavy (non-hydrogen) atoms. The monoisotopic (exact) mass is 562 g/mol. The number of hydrogen-bond donors (Lipinski definition) is 5. The van der Waals surface area contributed by atoms with E-state index in [2.05, 4.69) is 10.6 Å². The summed E-state index contributed by atoms with van der Waals surface area (Å²) < 4.78 is 5.13. The summed E-state index contributed by atoms with van der Waals surface area (Å²) in [6.45, 7) is -0.0542. The minimum absolute atomic E-state index is 0.0364. The number of carbonyl (C=O) groups excluding carboxylic acids is 6. The van der Waals surface area contributed by atoms with Crippen LogP contribution in [0.4, 0.5) is 0 Å². The lowest BCUT2D eigenvalue weighted by Crippen LogP contribution is -2.68. The molecule has 206 valence electrons. The summed E-state index contributed by atoms with van der Waals surface area (Å²) in [7, 11) is 2.88.